The number of carboxylic acid groups (broad SMARTS) is 1. The third kappa shape index (κ3) is 5.15. The van der Waals surface area contributed by atoms with E-state index in [9.17, 15) is 9.90 Å². The van der Waals surface area contributed by atoms with Gasteiger partial charge in [0.05, 0.1) is 5.56 Å². The van der Waals surface area contributed by atoms with Gasteiger partial charge in [0, 0.05) is 0 Å². The highest BCUT2D eigenvalue weighted by molar-refractivity contribution is 7.00. The van der Waals surface area contributed by atoms with Crippen LogP contribution in [0.2, 0.25) is 5.04 Å². The molecule has 0 unspecified atom stereocenters. The van der Waals surface area contributed by atoms with E-state index >= 15 is 0 Å². The summed E-state index contributed by atoms with van der Waals surface area (Å²) in [7, 11) is -2.96. The average molecular weight is 483 g/mol. The molecule has 0 amide bonds. The zero-order chi connectivity index (χ0) is 24.9. The first-order valence-electron chi connectivity index (χ1n) is 11.7. The second-order valence-electron chi connectivity index (χ2n) is 9.51. The molecule has 178 valence electrons. The van der Waals surface area contributed by atoms with Crippen molar-refractivity contribution in [1.29, 1.82) is 0 Å². The molecule has 0 fully saturated rings. The zero-order valence-corrected chi connectivity index (χ0v) is 21.3. The number of rotatable bonds is 8. The van der Waals surface area contributed by atoms with Crippen LogP contribution in [0.25, 0.3) is 0 Å². The minimum atomic E-state index is -2.96. The van der Waals surface area contributed by atoms with Gasteiger partial charge < -0.3 is 14.3 Å². The summed E-state index contributed by atoms with van der Waals surface area (Å²) in [5.74, 6) is -0.0473. The number of hydrogen-bond donors (Lipinski definition) is 1. The highest BCUT2D eigenvalue weighted by atomic mass is 28.4. The molecule has 0 atom stereocenters. The lowest BCUT2D eigenvalue weighted by molar-refractivity contribution is 0.0696. The van der Waals surface area contributed by atoms with Crippen molar-refractivity contribution in [2.24, 2.45) is 0 Å². The van der Waals surface area contributed by atoms with Crippen LogP contribution >= 0.6 is 0 Å². The molecule has 4 aromatic rings. The van der Waals surface area contributed by atoms with Gasteiger partial charge >= 0.3 is 14.3 Å². The molecular formula is C30H30O4Si. The first-order valence-corrected chi connectivity index (χ1v) is 13.6. The molecule has 0 bridgehead atoms. The molecule has 4 rings (SSSR count). The van der Waals surface area contributed by atoms with Crippen LogP contribution in [0.15, 0.2) is 109 Å². The molecule has 0 heterocycles. The van der Waals surface area contributed by atoms with E-state index in [2.05, 4.69) is 45.0 Å². The van der Waals surface area contributed by atoms with Crippen molar-refractivity contribution in [2.75, 3.05) is 0 Å². The number of ether oxygens (including phenoxy) is 1. The summed E-state index contributed by atoms with van der Waals surface area (Å²) in [4.78, 5) is 11.9. The molecule has 0 saturated heterocycles. The lowest BCUT2D eigenvalue weighted by atomic mass is 10.2. The van der Waals surface area contributed by atoms with Gasteiger partial charge in [-0.2, -0.15) is 0 Å². The maximum Gasteiger partial charge on any atom is 0.335 e. The van der Waals surface area contributed by atoms with Gasteiger partial charge in [-0.05, 0) is 39.2 Å². The lowest BCUT2D eigenvalue weighted by Crippen LogP contribution is -2.68. The van der Waals surface area contributed by atoms with Crippen LogP contribution in [0.3, 0.4) is 0 Å². The van der Waals surface area contributed by atoms with Crippen LogP contribution in [0.5, 0.6) is 11.5 Å². The second kappa shape index (κ2) is 10.2. The van der Waals surface area contributed by atoms with E-state index in [1.807, 2.05) is 66.7 Å². The molecule has 1 N–H and O–H groups in total. The van der Waals surface area contributed by atoms with Gasteiger partial charge in [0.1, 0.15) is 12.4 Å². The number of carbonyl (C=O) groups is 1. The standard InChI is InChI=1S/C30H30O4Si/c1-30(2,3)35(25-15-9-5-10-16-25,26-17-11-6-12-18-26)34-28-21-24(29(31)32)19-20-27(28)33-22-23-13-7-4-8-14-23/h4-21H,22H2,1-3H3,(H,31,32). The molecule has 4 aromatic carbocycles. The predicted octanol–water partition coefficient (Wildman–Crippen LogP) is 5.90. The molecule has 0 aliphatic carbocycles. The largest absolute Gasteiger partial charge is 0.531 e. The van der Waals surface area contributed by atoms with E-state index in [1.54, 1.807) is 18.2 Å². The second-order valence-corrected chi connectivity index (χ2v) is 13.7. The quantitative estimate of drug-likeness (QED) is 0.318. The Labute approximate surface area is 207 Å². The summed E-state index contributed by atoms with van der Waals surface area (Å²) in [6.45, 7) is 6.91. The van der Waals surface area contributed by atoms with E-state index in [4.69, 9.17) is 9.16 Å². The Hall–Kier alpha value is -3.83. The first-order chi connectivity index (χ1) is 16.8. The summed E-state index contributed by atoms with van der Waals surface area (Å²) in [5, 5.41) is 11.7. The fraction of sp³-hybridized carbons (Fsp3) is 0.167. The van der Waals surface area contributed by atoms with Gasteiger partial charge in [-0.3, -0.25) is 0 Å². The molecule has 0 radical (unpaired) electrons. The lowest BCUT2D eigenvalue weighted by Gasteiger charge is -2.43. The Bertz CT molecular complexity index is 1230. The summed E-state index contributed by atoms with van der Waals surface area (Å²) >= 11 is 0. The van der Waals surface area contributed by atoms with E-state index in [0.717, 1.165) is 15.9 Å². The Kier molecular flexibility index (Phi) is 7.08. The molecule has 0 aromatic heterocycles. The molecule has 4 nitrogen and oxygen atoms in total. The van der Waals surface area contributed by atoms with Gasteiger partial charge in [-0.15, -0.1) is 0 Å². The van der Waals surface area contributed by atoms with Crippen LogP contribution in [0.1, 0.15) is 36.7 Å². The third-order valence-electron chi connectivity index (χ3n) is 6.11. The van der Waals surface area contributed by atoms with Gasteiger partial charge in [-0.25, -0.2) is 4.79 Å². The maximum atomic E-state index is 11.9. The highest BCUT2D eigenvalue weighted by Gasteiger charge is 2.52. The van der Waals surface area contributed by atoms with E-state index in [1.165, 1.54) is 0 Å². The number of hydrogen-bond acceptors (Lipinski definition) is 3. The number of benzene rings is 4. The topological polar surface area (TPSA) is 55.8 Å². The molecular weight excluding hydrogens is 452 g/mol. The Morgan fingerprint density at radius 1 is 0.743 bits per heavy atom. The minimum absolute atomic E-state index is 0.157. The maximum absolute atomic E-state index is 11.9. The Morgan fingerprint density at radius 2 is 1.26 bits per heavy atom. The number of carboxylic acids is 1. The highest BCUT2D eigenvalue weighted by Crippen LogP contribution is 2.40. The Balaban J connectivity index is 1.87. The van der Waals surface area contributed by atoms with Gasteiger partial charge in [0.2, 0.25) is 0 Å². The number of aromatic carboxylic acids is 1. The normalized spacial score (nSPS) is 11.6. The third-order valence-corrected chi connectivity index (χ3v) is 11.0. The zero-order valence-electron chi connectivity index (χ0n) is 20.3. The van der Waals surface area contributed by atoms with Crippen LogP contribution in [-0.4, -0.2) is 19.4 Å². The van der Waals surface area contributed by atoms with Crippen LogP contribution < -0.4 is 19.5 Å². The first kappa shape index (κ1) is 24.3. The fourth-order valence-corrected chi connectivity index (χ4v) is 8.81. The average Bonchev–Trinajstić information content (AvgIpc) is 2.87. The SMILES string of the molecule is CC(C)(C)[Si](Oc1cc(C(=O)O)ccc1OCc1ccccc1)(c1ccccc1)c1ccccc1. The van der Waals surface area contributed by atoms with Crippen LogP contribution in [-0.2, 0) is 6.61 Å². The summed E-state index contributed by atoms with van der Waals surface area (Å²) in [5.41, 5.74) is 1.18. The van der Waals surface area contributed by atoms with Crippen molar-refractivity contribution >= 4 is 24.7 Å². The van der Waals surface area contributed by atoms with Gasteiger partial charge in [0.15, 0.2) is 5.75 Å². The molecule has 0 aliphatic heterocycles. The summed E-state index contributed by atoms with van der Waals surface area (Å²) < 4.78 is 13.3. The van der Waals surface area contributed by atoms with E-state index < -0.39 is 14.3 Å². The van der Waals surface area contributed by atoms with Gasteiger partial charge in [0.25, 0.3) is 0 Å². The minimum Gasteiger partial charge on any atom is -0.531 e. The fourth-order valence-electron chi connectivity index (χ4n) is 4.39. The van der Waals surface area contributed by atoms with Gasteiger partial charge in [-0.1, -0.05) is 112 Å². The van der Waals surface area contributed by atoms with Crippen molar-refractivity contribution in [3.05, 3.63) is 120 Å². The van der Waals surface area contributed by atoms with Crippen molar-refractivity contribution in [2.45, 2.75) is 32.4 Å². The summed E-state index contributed by atoms with van der Waals surface area (Å²) in [6, 6.07) is 35.2. The Morgan fingerprint density at radius 3 is 1.74 bits per heavy atom. The monoisotopic (exact) mass is 482 g/mol. The smallest absolute Gasteiger partial charge is 0.335 e. The van der Waals surface area contributed by atoms with Crippen molar-refractivity contribution in [3.8, 4) is 11.5 Å². The molecule has 5 heteroatoms. The van der Waals surface area contributed by atoms with E-state index in [-0.39, 0.29) is 10.6 Å². The predicted molar refractivity (Wildman–Crippen MR) is 142 cm³/mol. The van der Waals surface area contributed by atoms with Crippen molar-refractivity contribution in [3.63, 3.8) is 0 Å². The molecule has 0 aliphatic rings. The van der Waals surface area contributed by atoms with E-state index in [0.29, 0.717) is 18.1 Å². The summed E-state index contributed by atoms with van der Waals surface area (Å²) in [6.07, 6.45) is 0. The van der Waals surface area contributed by atoms with Crippen molar-refractivity contribution < 1.29 is 19.1 Å². The van der Waals surface area contributed by atoms with Crippen molar-refractivity contribution in [1.82, 2.24) is 0 Å². The molecule has 0 spiro atoms. The van der Waals surface area contributed by atoms with Crippen LogP contribution in [0, 0.1) is 0 Å². The van der Waals surface area contributed by atoms with Crippen LogP contribution in [0.4, 0.5) is 0 Å². The molecule has 35 heavy (non-hydrogen) atoms. The molecule has 0 saturated carbocycles.